The van der Waals surface area contributed by atoms with Gasteiger partial charge in [-0.25, -0.2) is 0 Å². The molecule has 6 heteroatoms. The lowest BCUT2D eigenvalue weighted by molar-refractivity contribution is -0.121. The quantitative estimate of drug-likeness (QED) is 0.631. The molecule has 0 aliphatic heterocycles. The summed E-state index contributed by atoms with van der Waals surface area (Å²) in [6.07, 6.45) is 7.75. The zero-order valence-corrected chi connectivity index (χ0v) is 17.8. The van der Waals surface area contributed by atoms with Crippen molar-refractivity contribution in [3.63, 3.8) is 0 Å². The summed E-state index contributed by atoms with van der Waals surface area (Å²) in [5.74, 6) is 1.91. The fraction of sp³-hybridized carbons (Fsp3) is 0.458. The normalized spacial score (nSPS) is 19.0. The minimum Gasteiger partial charge on any atom is -0.356 e. The van der Waals surface area contributed by atoms with E-state index in [4.69, 9.17) is 9.62 Å². The van der Waals surface area contributed by atoms with Crippen LogP contribution in [0.5, 0.6) is 0 Å². The molecule has 2 aromatic heterocycles. The van der Waals surface area contributed by atoms with Gasteiger partial charge < -0.3 is 9.84 Å². The van der Waals surface area contributed by atoms with E-state index in [1.54, 1.807) is 0 Å². The van der Waals surface area contributed by atoms with Crippen molar-refractivity contribution in [2.24, 2.45) is 13.0 Å². The molecule has 0 atom stereocenters. The third kappa shape index (κ3) is 4.99. The number of nitrogens with one attached hydrogen (secondary N) is 1. The number of hydrogen-bond donors (Lipinski definition) is 1. The summed E-state index contributed by atoms with van der Waals surface area (Å²) in [5, 5.41) is 11.9. The first-order chi connectivity index (χ1) is 14.6. The van der Waals surface area contributed by atoms with Gasteiger partial charge in [-0.2, -0.15) is 5.10 Å². The number of aromatic nitrogens is 3. The highest BCUT2D eigenvalue weighted by Gasteiger charge is 2.27. The van der Waals surface area contributed by atoms with Crippen LogP contribution in [0.3, 0.4) is 0 Å². The van der Waals surface area contributed by atoms with E-state index in [1.165, 1.54) is 5.56 Å². The van der Waals surface area contributed by atoms with Gasteiger partial charge in [-0.15, -0.1) is 0 Å². The van der Waals surface area contributed by atoms with Crippen LogP contribution in [0.2, 0.25) is 0 Å². The smallest absolute Gasteiger partial charge is 0.220 e. The number of benzene rings is 1. The van der Waals surface area contributed by atoms with Crippen molar-refractivity contribution in [3.8, 4) is 11.3 Å². The van der Waals surface area contributed by atoms with Crippen LogP contribution >= 0.6 is 0 Å². The van der Waals surface area contributed by atoms with Crippen molar-refractivity contribution < 1.29 is 9.32 Å². The van der Waals surface area contributed by atoms with E-state index >= 15 is 0 Å². The molecule has 1 fully saturated rings. The van der Waals surface area contributed by atoms with Gasteiger partial charge in [0.2, 0.25) is 5.91 Å². The van der Waals surface area contributed by atoms with Crippen LogP contribution in [0.15, 0.2) is 47.1 Å². The maximum atomic E-state index is 12.2. The minimum atomic E-state index is 0.147. The van der Waals surface area contributed by atoms with Gasteiger partial charge in [-0.3, -0.25) is 9.48 Å². The summed E-state index contributed by atoms with van der Waals surface area (Å²) in [5.41, 5.74) is 4.25. The standard InChI is InChI=1S/C24H30N4O2/c1-17-14-22(30-27-17)21-16-28(2)26-24(21)20-11-8-19(9-12-20)15-25-23(29)13-10-18-6-4-3-5-7-18/h3-7,14,16,19-20H,8-13,15H2,1-2H3,(H,25,29). The molecular weight excluding hydrogens is 376 g/mol. The van der Waals surface area contributed by atoms with Gasteiger partial charge in [0.15, 0.2) is 5.76 Å². The van der Waals surface area contributed by atoms with Crippen LogP contribution in [0.1, 0.15) is 55.0 Å². The van der Waals surface area contributed by atoms with Crippen LogP contribution < -0.4 is 5.32 Å². The first kappa shape index (κ1) is 20.4. The third-order valence-corrected chi connectivity index (χ3v) is 6.06. The van der Waals surface area contributed by atoms with E-state index in [0.717, 1.165) is 61.4 Å². The Labute approximate surface area is 177 Å². The third-order valence-electron chi connectivity index (χ3n) is 6.06. The first-order valence-corrected chi connectivity index (χ1v) is 10.9. The van der Waals surface area contributed by atoms with Crippen LogP contribution in [-0.2, 0) is 18.3 Å². The van der Waals surface area contributed by atoms with Crippen molar-refractivity contribution in [3.05, 3.63) is 59.5 Å². The van der Waals surface area contributed by atoms with Crippen molar-refractivity contribution in [2.45, 2.75) is 51.4 Å². The largest absolute Gasteiger partial charge is 0.356 e. The number of carbonyl (C=O) groups excluding carboxylic acids is 1. The highest BCUT2D eigenvalue weighted by molar-refractivity contribution is 5.76. The summed E-state index contributed by atoms with van der Waals surface area (Å²) in [4.78, 5) is 12.2. The topological polar surface area (TPSA) is 73.0 Å². The average Bonchev–Trinajstić information content (AvgIpc) is 3.37. The average molecular weight is 407 g/mol. The van der Waals surface area contributed by atoms with Crippen molar-refractivity contribution in [1.29, 1.82) is 0 Å². The summed E-state index contributed by atoms with van der Waals surface area (Å²) < 4.78 is 7.35. The molecule has 30 heavy (non-hydrogen) atoms. The lowest BCUT2D eigenvalue weighted by atomic mass is 9.79. The molecule has 3 aromatic rings. The van der Waals surface area contributed by atoms with E-state index < -0.39 is 0 Å². The number of rotatable bonds is 7. The van der Waals surface area contributed by atoms with Gasteiger partial charge in [0, 0.05) is 38.2 Å². The minimum absolute atomic E-state index is 0.147. The van der Waals surface area contributed by atoms with E-state index in [2.05, 4.69) is 22.6 Å². The molecule has 158 valence electrons. The van der Waals surface area contributed by atoms with E-state index in [1.807, 2.05) is 49.1 Å². The van der Waals surface area contributed by atoms with Crippen molar-refractivity contribution in [1.82, 2.24) is 20.3 Å². The lowest BCUT2D eigenvalue weighted by Crippen LogP contribution is -2.31. The Bertz CT molecular complexity index is 968. The van der Waals surface area contributed by atoms with Crippen LogP contribution in [0, 0.1) is 12.8 Å². The predicted molar refractivity (Wildman–Crippen MR) is 116 cm³/mol. The first-order valence-electron chi connectivity index (χ1n) is 10.9. The summed E-state index contributed by atoms with van der Waals surface area (Å²) >= 11 is 0. The van der Waals surface area contributed by atoms with E-state index in [9.17, 15) is 4.79 Å². The Morgan fingerprint density at radius 1 is 1.20 bits per heavy atom. The molecular formula is C24H30N4O2. The molecule has 6 nitrogen and oxygen atoms in total. The molecule has 1 aromatic carbocycles. The highest BCUT2D eigenvalue weighted by atomic mass is 16.5. The Kier molecular flexibility index (Phi) is 6.31. The molecule has 1 aliphatic rings. The van der Waals surface area contributed by atoms with Gasteiger partial charge in [0.25, 0.3) is 0 Å². The highest BCUT2D eigenvalue weighted by Crippen LogP contribution is 2.39. The van der Waals surface area contributed by atoms with Crippen LogP contribution in [0.4, 0.5) is 0 Å². The molecule has 1 N–H and O–H groups in total. The Hall–Kier alpha value is -2.89. The molecule has 1 saturated carbocycles. The van der Waals surface area contributed by atoms with E-state index in [-0.39, 0.29) is 5.91 Å². The van der Waals surface area contributed by atoms with Crippen molar-refractivity contribution >= 4 is 5.91 Å². The monoisotopic (exact) mass is 406 g/mol. The van der Waals surface area contributed by atoms with Gasteiger partial charge in [0.1, 0.15) is 0 Å². The number of amides is 1. The summed E-state index contributed by atoms with van der Waals surface area (Å²) in [7, 11) is 1.95. The van der Waals surface area contributed by atoms with Gasteiger partial charge in [0.05, 0.1) is 17.0 Å². The zero-order chi connectivity index (χ0) is 20.9. The number of nitrogens with zero attached hydrogens (tertiary/aromatic N) is 3. The molecule has 2 heterocycles. The number of aryl methyl sites for hydroxylation is 3. The predicted octanol–water partition coefficient (Wildman–Crippen LogP) is 4.41. The van der Waals surface area contributed by atoms with E-state index in [0.29, 0.717) is 18.3 Å². The molecule has 0 bridgehead atoms. The molecule has 0 unspecified atom stereocenters. The Morgan fingerprint density at radius 2 is 1.97 bits per heavy atom. The summed E-state index contributed by atoms with van der Waals surface area (Å²) in [6, 6.07) is 12.1. The molecule has 0 saturated heterocycles. The second kappa shape index (κ2) is 9.28. The number of hydrogen-bond acceptors (Lipinski definition) is 4. The van der Waals surface area contributed by atoms with Gasteiger partial charge in [-0.05, 0) is 50.5 Å². The number of carbonyl (C=O) groups is 1. The Balaban J connectivity index is 1.26. The maximum absolute atomic E-state index is 12.2. The SMILES string of the molecule is Cc1cc(-c2cn(C)nc2C2CCC(CNC(=O)CCc3ccccc3)CC2)on1. The fourth-order valence-corrected chi connectivity index (χ4v) is 4.38. The molecule has 4 rings (SSSR count). The second-order valence-electron chi connectivity index (χ2n) is 8.44. The van der Waals surface area contributed by atoms with Crippen molar-refractivity contribution in [2.75, 3.05) is 6.54 Å². The Morgan fingerprint density at radius 3 is 2.67 bits per heavy atom. The zero-order valence-electron chi connectivity index (χ0n) is 17.8. The molecule has 0 radical (unpaired) electrons. The van der Waals surface area contributed by atoms with Crippen LogP contribution in [-0.4, -0.2) is 27.4 Å². The van der Waals surface area contributed by atoms with Gasteiger partial charge in [-0.1, -0.05) is 35.5 Å². The second-order valence-corrected chi connectivity index (χ2v) is 8.44. The molecule has 1 amide bonds. The fourth-order valence-electron chi connectivity index (χ4n) is 4.38. The maximum Gasteiger partial charge on any atom is 0.220 e. The van der Waals surface area contributed by atoms with Crippen LogP contribution in [0.25, 0.3) is 11.3 Å². The van der Waals surface area contributed by atoms with Gasteiger partial charge >= 0.3 is 0 Å². The molecule has 0 spiro atoms. The molecule has 1 aliphatic carbocycles. The summed E-state index contributed by atoms with van der Waals surface area (Å²) in [6.45, 7) is 2.71. The lowest BCUT2D eigenvalue weighted by Gasteiger charge is -2.28.